The Morgan fingerprint density at radius 1 is 1.53 bits per heavy atom. The van der Waals surface area contributed by atoms with Gasteiger partial charge in [-0.25, -0.2) is 0 Å². The largest absolute Gasteiger partial charge is 0.373 e. The van der Waals surface area contributed by atoms with Gasteiger partial charge in [-0.05, 0) is 17.9 Å². The molecule has 1 N–H and O–H groups in total. The number of carbonyl (C=O) groups excluding carboxylic acids is 1. The van der Waals surface area contributed by atoms with E-state index in [1.807, 2.05) is 30.1 Å². The van der Waals surface area contributed by atoms with Crippen molar-refractivity contribution in [2.24, 2.45) is 0 Å². The normalized spacial score (nSPS) is 17.4. The Kier molecular flexibility index (Phi) is 3.94. The van der Waals surface area contributed by atoms with E-state index in [0.717, 1.165) is 24.4 Å². The summed E-state index contributed by atoms with van der Waals surface area (Å²) in [6, 6.07) is 8.04. The van der Waals surface area contributed by atoms with Gasteiger partial charge in [0.05, 0.1) is 0 Å². The number of hydrogen-bond acceptors (Lipinski definition) is 3. The van der Waals surface area contributed by atoms with Crippen molar-refractivity contribution < 1.29 is 4.79 Å². The van der Waals surface area contributed by atoms with Crippen LogP contribution in [0.3, 0.4) is 0 Å². The Balaban J connectivity index is 1.96. The Morgan fingerprint density at radius 3 is 3.00 bits per heavy atom. The van der Waals surface area contributed by atoms with Gasteiger partial charge in [-0.1, -0.05) is 18.2 Å². The van der Waals surface area contributed by atoms with E-state index in [4.69, 9.17) is 0 Å². The highest BCUT2D eigenvalue weighted by molar-refractivity contribution is 7.98. The minimum absolute atomic E-state index is 0.0840. The minimum Gasteiger partial charge on any atom is -0.373 e. The van der Waals surface area contributed by atoms with E-state index < -0.39 is 0 Å². The second-order valence-corrected chi connectivity index (χ2v) is 5.30. The Labute approximate surface area is 107 Å². The summed E-state index contributed by atoms with van der Waals surface area (Å²) in [4.78, 5) is 14.0. The van der Waals surface area contributed by atoms with Crippen molar-refractivity contribution in [3.05, 3.63) is 29.8 Å². The van der Waals surface area contributed by atoms with Crippen molar-refractivity contribution >= 4 is 23.4 Å². The molecule has 0 radical (unpaired) electrons. The summed E-state index contributed by atoms with van der Waals surface area (Å²) in [5, 5.41) is 3.29. The highest BCUT2D eigenvalue weighted by atomic mass is 32.2. The second-order valence-electron chi connectivity index (χ2n) is 4.31. The third kappa shape index (κ3) is 2.75. The van der Waals surface area contributed by atoms with Crippen LogP contribution in [0.25, 0.3) is 0 Å². The number of likely N-dealkylation sites (N-methyl/N-ethyl adjacent to an activating group) is 1. The van der Waals surface area contributed by atoms with Crippen LogP contribution in [0.1, 0.15) is 5.56 Å². The number of thioether (sulfide) groups is 1. The number of carbonyl (C=O) groups is 1. The molecule has 4 heteroatoms. The van der Waals surface area contributed by atoms with Gasteiger partial charge in [0.25, 0.3) is 0 Å². The average Bonchev–Trinajstić information content (AvgIpc) is 2.78. The number of fused-ring (bicyclic) bond motifs is 1. The maximum absolute atomic E-state index is 12.2. The zero-order valence-corrected chi connectivity index (χ0v) is 11.1. The van der Waals surface area contributed by atoms with Gasteiger partial charge in [0.2, 0.25) is 5.91 Å². The van der Waals surface area contributed by atoms with Crippen LogP contribution in [-0.4, -0.2) is 42.4 Å². The number of hydrogen-bond donors (Lipinski definition) is 1. The number of anilines is 1. The van der Waals surface area contributed by atoms with Crippen molar-refractivity contribution in [3.63, 3.8) is 0 Å². The van der Waals surface area contributed by atoms with Gasteiger partial charge in [-0.3, -0.25) is 4.79 Å². The maximum Gasteiger partial charge on any atom is 0.245 e. The van der Waals surface area contributed by atoms with Crippen molar-refractivity contribution in [3.8, 4) is 0 Å². The molecule has 1 amide bonds. The van der Waals surface area contributed by atoms with E-state index in [2.05, 4.69) is 17.6 Å². The molecule has 1 aliphatic rings. The fourth-order valence-corrected chi connectivity index (χ4v) is 2.51. The van der Waals surface area contributed by atoms with Crippen molar-refractivity contribution in [2.75, 3.05) is 30.9 Å². The molecule has 0 unspecified atom stereocenters. The first-order chi connectivity index (χ1) is 8.22. The fraction of sp³-hybridized carbons (Fsp3) is 0.462. The molecule has 0 aliphatic carbocycles. The number of benzene rings is 1. The molecule has 17 heavy (non-hydrogen) atoms. The molecule has 1 aliphatic heterocycles. The van der Waals surface area contributed by atoms with Gasteiger partial charge < -0.3 is 10.2 Å². The molecule has 92 valence electrons. The quantitative estimate of drug-likeness (QED) is 0.885. The van der Waals surface area contributed by atoms with E-state index in [-0.39, 0.29) is 11.9 Å². The topological polar surface area (TPSA) is 32.3 Å². The van der Waals surface area contributed by atoms with Crippen LogP contribution in [0.15, 0.2) is 24.3 Å². The Morgan fingerprint density at radius 2 is 2.29 bits per heavy atom. The van der Waals surface area contributed by atoms with Crippen LogP contribution in [0.5, 0.6) is 0 Å². The summed E-state index contributed by atoms with van der Waals surface area (Å²) >= 11 is 1.76. The molecule has 0 saturated carbocycles. The molecule has 1 aromatic rings. The standard InChI is InChI=1S/C13H18N2OS/c1-15(7-8-17-2)13(16)12-9-10-5-3-4-6-11(10)14-12/h3-6,12,14H,7-9H2,1-2H3/t12-/m0/s1. The minimum atomic E-state index is -0.0840. The van der Waals surface area contributed by atoms with Gasteiger partial charge in [0, 0.05) is 31.5 Å². The lowest BCUT2D eigenvalue weighted by Crippen LogP contribution is -2.40. The van der Waals surface area contributed by atoms with E-state index in [1.54, 1.807) is 11.8 Å². The SMILES string of the molecule is CSCCN(C)C(=O)[C@@H]1Cc2ccccc2N1. The van der Waals surface area contributed by atoms with E-state index >= 15 is 0 Å². The molecule has 0 fully saturated rings. The second kappa shape index (κ2) is 5.45. The van der Waals surface area contributed by atoms with Crippen molar-refractivity contribution in [2.45, 2.75) is 12.5 Å². The molecule has 1 heterocycles. The van der Waals surface area contributed by atoms with Gasteiger partial charge in [0.1, 0.15) is 6.04 Å². The van der Waals surface area contributed by atoms with Gasteiger partial charge in [0.15, 0.2) is 0 Å². The van der Waals surface area contributed by atoms with Gasteiger partial charge >= 0.3 is 0 Å². The molecular formula is C13H18N2OS. The Bertz CT molecular complexity index is 383. The third-order valence-electron chi connectivity index (χ3n) is 3.08. The average molecular weight is 250 g/mol. The number of nitrogens with zero attached hydrogens (tertiary/aromatic N) is 1. The summed E-state index contributed by atoms with van der Waals surface area (Å²) in [5.41, 5.74) is 2.34. The molecule has 0 spiro atoms. The highest BCUT2D eigenvalue weighted by Gasteiger charge is 2.28. The first-order valence-electron chi connectivity index (χ1n) is 5.80. The summed E-state index contributed by atoms with van der Waals surface area (Å²) < 4.78 is 0. The van der Waals surface area contributed by atoms with E-state index in [9.17, 15) is 4.79 Å². The molecule has 0 bridgehead atoms. The van der Waals surface area contributed by atoms with Crippen LogP contribution in [-0.2, 0) is 11.2 Å². The van der Waals surface area contributed by atoms with Gasteiger partial charge in [-0.15, -0.1) is 0 Å². The van der Waals surface area contributed by atoms with Crippen molar-refractivity contribution in [1.82, 2.24) is 4.90 Å². The number of amides is 1. The lowest BCUT2D eigenvalue weighted by molar-refractivity contribution is -0.130. The molecule has 0 aromatic heterocycles. The smallest absolute Gasteiger partial charge is 0.245 e. The van der Waals surface area contributed by atoms with Gasteiger partial charge in [-0.2, -0.15) is 11.8 Å². The molecule has 2 rings (SSSR count). The van der Waals surface area contributed by atoms with Crippen LogP contribution in [0.4, 0.5) is 5.69 Å². The maximum atomic E-state index is 12.2. The first-order valence-corrected chi connectivity index (χ1v) is 7.20. The molecule has 3 nitrogen and oxygen atoms in total. The van der Waals surface area contributed by atoms with Crippen LogP contribution in [0, 0.1) is 0 Å². The Hall–Kier alpha value is -1.16. The highest BCUT2D eigenvalue weighted by Crippen LogP contribution is 2.25. The third-order valence-corrected chi connectivity index (χ3v) is 3.67. The predicted octanol–water partition coefficient (Wildman–Crippen LogP) is 1.84. The van der Waals surface area contributed by atoms with E-state index in [0.29, 0.717) is 0 Å². The number of nitrogens with one attached hydrogen (secondary N) is 1. The van der Waals surface area contributed by atoms with Crippen LogP contribution < -0.4 is 5.32 Å². The predicted molar refractivity (Wildman–Crippen MR) is 73.6 cm³/mol. The van der Waals surface area contributed by atoms with Crippen LogP contribution in [0.2, 0.25) is 0 Å². The lowest BCUT2D eigenvalue weighted by Gasteiger charge is -2.21. The monoisotopic (exact) mass is 250 g/mol. The molecule has 0 saturated heterocycles. The molecule has 1 atom stereocenters. The number of para-hydroxylation sites is 1. The fourth-order valence-electron chi connectivity index (χ4n) is 2.05. The zero-order valence-electron chi connectivity index (χ0n) is 10.3. The number of rotatable bonds is 4. The summed E-state index contributed by atoms with van der Waals surface area (Å²) in [7, 11) is 1.88. The summed E-state index contributed by atoms with van der Waals surface area (Å²) in [5.74, 6) is 1.18. The van der Waals surface area contributed by atoms with Crippen LogP contribution >= 0.6 is 11.8 Å². The molecular weight excluding hydrogens is 232 g/mol. The summed E-state index contributed by atoms with van der Waals surface area (Å²) in [6.45, 7) is 0.814. The first kappa shape index (κ1) is 12.3. The van der Waals surface area contributed by atoms with E-state index in [1.165, 1.54) is 5.56 Å². The zero-order chi connectivity index (χ0) is 12.3. The molecule has 1 aromatic carbocycles. The summed E-state index contributed by atoms with van der Waals surface area (Å²) in [6.07, 6.45) is 2.86. The van der Waals surface area contributed by atoms with Crippen molar-refractivity contribution in [1.29, 1.82) is 0 Å². The lowest BCUT2D eigenvalue weighted by atomic mass is 10.1.